The fourth-order valence-electron chi connectivity index (χ4n) is 14.9. The molecule has 0 aliphatic carbocycles. The maximum Gasteiger partial charge on any atom is 0.311 e. The van der Waals surface area contributed by atoms with E-state index in [-0.39, 0.29) is 121 Å². The summed E-state index contributed by atoms with van der Waals surface area (Å²) in [5.41, 5.74) is 4.35. The van der Waals surface area contributed by atoms with Gasteiger partial charge in [0.2, 0.25) is 29.5 Å². The van der Waals surface area contributed by atoms with Crippen LogP contribution >= 0.6 is 0 Å². The van der Waals surface area contributed by atoms with Crippen LogP contribution < -0.4 is 30.7 Å². The van der Waals surface area contributed by atoms with Crippen molar-refractivity contribution in [3.8, 4) is 11.5 Å². The maximum atomic E-state index is 14.4. The van der Waals surface area contributed by atoms with Crippen LogP contribution in [0.4, 0.5) is 0 Å². The fraction of sp³-hybridized carbons (Fsp3) is 0.859. The van der Waals surface area contributed by atoms with E-state index in [9.17, 15) is 74.7 Å². The molecule has 30 nitrogen and oxygen atoms in total. The molecule has 16 unspecified atom stereocenters. The Balaban J connectivity index is 0.000000642. The van der Waals surface area contributed by atoms with Crippen LogP contribution in [0.3, 0.4) is 0 Å². The molecule has 30 heteroatoms. The van der Waals surface area contributed by atoms with E-state index in [1.807, 2.05) is 6.92 Å². The lowest BCUT2D eigenvalue weighted by Gasteiger charge is -2.40. The Kier molecular flexibility index (Phi) is 49.8. The molecule has 0 bridgehead atoms. The van der Waals surface area contributed by atoms with E-state index in [2.05, 4.69) is 76.7 Å². The van der Waals surface area contributed by atoms with Gasteiger partial charge >= 0.3 is 5.97 Å². The lowest BCUT2D eigenvalue weighted by molar-refractivity contribution is -0.282. The fourth-order valence-corrected chi connectivity index (χ4v) is 14.9. The van der Waals surface area contributed by atoms with Crippen LogP contribution in [0.5, 0.6) is 11.5 Å². The first-order valence-corrected chi connectivity index (χ1v) is 43.0. The predicted octanol–water partition coefficient (Wildman–Crippen LogP) is 6.50. The first kappa shape index (κ1) is 103. The number of hydrogen-bond acceptors (Lipinski definition) is 25. The molecular weight excluding hydrogens is 1490 g/mol. The zero-order chi connectivity index (χ0) is 85.2. The zero-order valence-corrected chi connectivity index (χ0v) is 71.8. The van der Waals surface area contributed by atoms with Crippen LogP contribution in [0.15, 0.2) is 0 Å². The summed E-state index contributed by atoms with van der Waals surface area (Å²) in [6.45, 7) is 25.3. The van der Waals surface area contributed by atoms with Gasteiger partial charge in [-0.25, -0.2) is 0 Å². The lowest BCUT2D eigenvalue weighted by Crippen LogP contribution is -2.55. The maximum absolute atomic E-state index is 14.4. The van der Waals surface area contributed by atoms with Crippen LogP contribution in [0, 0.1) is 56.3 Å². The number of methoxy groups -OCH3 is 1. The van der Waals surface area contributed by atoms with Gasteiger partial charge < -0.3 is 119 Å². The van der Waals surface area contributed by atoms with Crippen molar-refractivity contribution in [1.82, 2.24) is 26.2 Å². The van der Waals surface area contributed by atoms with Gasteiger partial charge in [-0.2, -0.15) is 0 Å². The molecule has 13 N–H and O–H groups in total. The van der Waals surface area contributed by atoms with Gasteiger partial charge in [-0.15, -0.1) is 0 Å². The average molecular weight is 1640 g/mol. The van der Waals surface area contributed by atoms with E-state index < -0.39 is 129 Å². The molecule has 0 spiro atoms. The molecule has 115 heavy (non-hydrogen) atoms. The van der Waals surface area contributed by atoms with Crippen molar-refractivity contribution in [2.24, 2.45) is 35.5 Å². The molecule has 0 saturated carbocycles. The molecule has 1 aromatic rings. The Labute approximate surface area is 684 Å². The van der Waals surface area contributed by atoms with Gasteiger partial charge in [-0.1, -0.05) is 100 Å². The average Bonchev–Trinajstić information content (AvgIpc) is 0.758. The molecule has 4 aliphatic rings. The van der Waals surface area contributed by atoms with E-state index in [4.69, 9.17) is 47.4 Å². The molecule has 5 rings (SSSR count). The summed E-state index contributed by atoms with van der Waals surface area (Å²) in [5.74, 6) is 0.811. The Bertz CT molecular complexity index is 2870. The topological polar surface area (TPSA) is 428 Å². The zero-order valence-electron chi connectivity index (χ0n) is 71.8. The highest BCUT2D eigenvalue weighted by molar-refractivity contribution is 5.88. The third kappa shape index (κ3) is 36.6. The summed E-state index contributed by atoms with van der Waals surface area (Å²) in [6.07, 6.45) is 6.73. The summed E-state index contributed by atoms with van der Waals surface area (Å²) in [6, 6.07) is -1.01. The number of nitrogens with zero attached hydrogens (tertiary/aromatic N) is 1. The summed E-state index contributed by atoms with van der Waals surface area (Å²) < 4.78 is 57.0. The number of ether oxygens (including phenoxy) is 10. The third-order valence-electron chi connectivity index (χ3n) is 22.8. The highest BCUT2D eigenvalue weighted by atomic mass is 16.7. The molecule has 5 amide bonds. The highest BCUT2D eigenvalue weighted by Gasteiger charge is 2.45. The van der Waals surface area contributed by atoms with Gasteiger partial charge in [0, 0.05) is 115 Å². The van der Waals surface area contributed by atoms with Gasteiger partial charge in [0.15, 0.2) is 18.9 Å². The van der Waals surface area contributed by atoms with E-state index in [1.165, 1.54) is 68.9 Å². The molecule has 0 aromatic heterocycles. The van der Waals surface area contributed by atoms with E-state index in [1.54, 1.807) is 20.8 Å². The minimum atomic E-state index is -1.25. The number of unbranched alkanes of at least 4 members (excludes halogenated alkanes) is 4. The van der Waals surface area contributed by atoms with Gasteiger partial charge in [-0.3, -0.25) is 28.8 Å². The van der Waals surface area contributed by atoms with Crippen LogP contribution in [0.25, 0.3) is 0 Å². The summed E-state index contributed by atoms with van der Waals surface area (Å²) in [4.78, 5) is 79.9. The van der Waals surface area contributed by atoms with Gasteiger partial charge in [0.05, 0.1) is 58.0 Å². The van der Waals surface area contributed by atoms with Gasteiger partial charge in [0.1, 0.15) is 59.8 Å². The van der Waals surface area contributed by atoms with Crippen molar-refractivity contribution in [2.45, 2.75) is 335 Å². The van der Waals surface area contributed by atoms with Crippen LogP contribution in [0.2, 0.25) is 0 Å². The smallest absolute Gasteiger partial charge is 0.311 e. The van der Waals surface area contributed by atoms with Crippen molar-refractivity contribution < 1.29 is 122 Å². The molecular formula is C85H151N5O25. The third-order valence-corrected chi connectivity index (χ3v) is 22.8. The van der Waals surface area contributed by atoms with Crippen LogP contribution in [-0.2, 0) is 73.1 Å². The molecule has 0 radical (unpaired) electrons. The second-order valence-electron chi connectivity index (χ2n) is 33.2. The predicted molar refractivity (Wildman–Crippen MR) is 432 cm³/mol. The number of nitrogens with one attached hydrogen (secondary N) is 4. The quantitative estimate of drug-likeness (QED) is 0.0188. The minimum Gasteiger partial charge on any atom is -0.487 e. The highest BCUT2D eigenvalue weighted by Crippen LogP contribution is 2.45. The number of benzene rings is 1. The Hall–Kier alpha value is -4.84. The number of fused-ring (bicyclic) bond motifs is 1. The van der Waals surface area contributed by atoms with Crippen LogP contribution in [0.1, 0.15) is 245 Å². The molecule has 4 heterocycles. The molecule has 19 atom stereocenters. The Morgan fingerprint density at radius 1 is 0.504 bits per heavy atom. The standard InChI is InChI=1S/C52H95N5O22.C33H56O3/c1-32-43(65)46(68)36(29-58)77-50(32)74-23-10-6-14-39(61)53-18-9-5-13-35(56-42(64)17-26-73-28-27-72-4)49(71)57(21-19-54-40(62)15-7-11-24-75-51-33(2)44(66)47(69)37(30-59)78-51)22-20-55-41(63)16-8-12-25-76-52-34(3)45(67)48(70)38(31-60)79-52;1-10-14-30(34)35-31-26(6)27(7)32-29(28(31)8)20-22-33(9,36-32)21-13-19-25(5)18-12-17-24(4)16-11-15-23(2)3/h32-38,43-48,50-52,58-60,65-70H,5-31H2,1-4H3,(H,53,61)(H,54,62)(H,55,63)(H,56,64);23-25H,10-22H2,1-9H3/t;24-,25-,33-/m.1/s1. The minimum absolute atomic E-state index is 0.0249. The summed E-state index contributed by atoms with van der Waals surface area (Å²) in [5, 5.41) is 101. The van der Waals surface area contributed by atoms with E-state index in [0.717, 1.165) is 71.6 Å². The SMILES string of the molecule is CCCC(=O)Oc1c(C)c(C)c2c(c1C)CC[C@@](C)(CCC[C@H](C)CCC[C@H](C)CCCC(C)C)O2.COCCOCCC(=O)NC(CCCCNC(=O)CCCCOC1OC(CO)C(O)C(O)C1C)C(=O)N(CCNC(=O)CCCCOC1OC(CO)C(O)C(O)C1C)CCNC(=O)CCCCOC1OC(CO)C(O)C(O)C1C. The molecule has 666 valence electrons. The number of amides is 5. The second kappa shape index (κ2) is 55.9. The first-order valence-electron chi connectivity index (χ1n) is 43.0. The van der Waals surface area contributed by atoms with E-state index in [0.29, 0.717) is 70.9 Å². The Morgan fingerprint density at radius 3 is 1.40 bits per heavy atom. The largest absolute Gasteiger partial charge is 0.487 e. The molecule has 3 fully saturated rings. The number of rotatable bonds is 55. The van der Waals surface area contributed by atoms with Crippen molar-refractivity contribution in [1.29, 1.82) is 0 Å². The normalized spacial score (nSPS) is 26.1. The van der Waals surface area contributed by atoms with Gasteiger partial charge in [-0.05, 0) is 152 Å². The molecule has 4 aliphatic heterocycles. The number of aliphatic hydroxyl groups is 9. The number of esters is 1. The first-order chi connectivity index (χ1) is 54.8. The monoisotopic (exact) mass is 1640 g/mol. The molecule has 1 aromatic carbocycles. The van der Waals surface area contributed by atoms with Crippen molar-refractivity contribution in [2.75, 3.05) is 99.3 Å². The summed E-state index contributed by atoms with van der Waals surface area (Å²) >= 11 is 0. The number of aliphatic hydroxyl groups excluding tert-OH is 9. The number of carbonyl (C=O) groups excluding carboxylic acids is 6. The van der Waals surface area contributed by atoms with Gasteiger partial charge in [0.25, 0.3) is 0 Å². The summed E-state index contributed by atoms with van der Waals surface area (Å²) in [7, 11) is 1.52. The Morgan fingerprint density at radius 2 is 0.957 bits per heavy atom. The van der Waals surface area contributed by atoms with Crippen molar-refractivity contribution in [3.05, 3.63) is 22.3 Å². The molecule has 3 saturated heterocycles. The number of carbonyl (C=O) groups is 6. The van der Waals surface area contributed by atoms with Crippen LogP contribution in [-0.4, -0.2) is 271 Å². The van der Waals surface area contributed by atoms with Crippen molar-refractivity contribution in [3.63, 3.8) is 0 Å². The van der Waals surface area contributed by atoms with Crippen molar-refractivity contribution >= 4 is 35.5 Å². The second-order valence-corrected chi connectivity index (χ2v) is 33.2. The number of hydrogen-bond donors (Lipinski definition) is 13. The van der Waals surface area contributed by atoms with E-state index >= 15 is 0 Å². The lowest BCUT2D eigenvalue weighted by atomic mass is 9.83.